The van der Waals surface area contributed by atoms with E-state index in [0.717, 1.165) is 12.1 Å². The molecular formula is C11H9BrClF2NO3S. The zero-order chi connectivity index (χ0) is 15.1. The van der Waals surface area contributed by atoms with E-state index in [1.54, 1.807) is 0 Å². The number of halogens is 4. The Morgan fingerprint density at radius 1 is 1.45 bits per heavy atom. The lowest BCUT2D eigenvalue weighted by Gasteiger charge is -2.19. The Kier molecular flexibility index (Phi) is 4.36. The number of rotatable bonds is 3. The number of amides is 1. The van der Waals surface area contributed by atoms with Gasteiger partial charge in [0.05, 0.1) is 16.5 Å². The molecular weight excluding hydrogens is 380 g/mol. The van der Waals surface area contributed by atoms with Crippen molar-refractivity contribution in [1.82, 2.24) is 0 Å². The van der Waals surface area contributed by atoms with E-state index in [9.17, 15) is 21.5 Å². The van der Waals surface area contributed by atoms with Crippen LogP contribution in [-0.2, 0) is 15.0 Å². The SMILES string of the molecule is O=C1CC(CS(=O)(=O)F)CN1c1c(Cl)cc(F)cc1Br. The van der Waals surface area contributed by atoms with Crippen LogP contribution in [0.5, 0.6) is 0 Å². The fraction of sp³-hybridized carbons (Fsp3) is 0.364. The van der Waals surface area contributed by atoms with Gasteiger partial charge >= 0.3 is 10.2 Å². The first kappa shape index (κ1) is 15.7. The van der Waals surface area contributed by atoms with Crippen LogP contribution in [0.15, 0.2) is 16.6 Å². The highest BCUT2D eigenvalue weighted by molar-refractivity contribution is 9.10. The summed E-state index contributed by atoms with van der Waals surface area (Å²) >= 11 is 9.01. The van der Waals surface area contributed by atoms with Crippen LogP contribution in [-0.4, -0.2) is 26.6 Å². The van der Waals surface area contributed by atoms with Crippen molar-refractivity contribution in [3.8, 4) is 0 Å². The van der Waals surface area contributed by atoms with Crippen LogP contribution in [0.25, 0.3) is 0 Å². The Morgan fingerprint density at radius 2 is 2.10 bits per heavy atom. The van der Waals surface area contributed by atoms with Gasteiger partial charge in [0.1, 0.15) is 5.82 Å². The van der Waals surface area contributed by atoms with E-state index < -0.39 is 27.7 Å². The minimum absolute atomic E-state index is 0.0198. The maximum atomic E-state index is 13.1. The molecule has 4 nitrogen and oxygen atoms in total. The molecule has 0 aromatic heterocycles. The molecule has 0 aliphatic carbocycles. The Morgan fingerprint density at radius 3 is 2.65 bits per heavy atom. The van der Waals surface area contributed by atoms with Gasteiger partial charge in [-0.1, -0.05) is 11.6 Å². The summed E-state index contributed by atoms with van der Waals surface area (Å²) < 4.78 is 47.4. The van der Waals surface area contributed by atoms with Crippen molar-refractivity contribution in [3.63, 3.8) is 0 Å². The van der Waals surface area contributed by atoms with Crippen LogP contribution in [0.3, 0.4) is 0 Å². The van der Waals surface area contributed by atoms with Crippen molar-refractivity contribution in [2.75, 3.05) is 17.2 Å². The number of hydrogen-bond acceptors (Lipinski definition) is 3. The minimum atomic E-state index is -4.65. The smallest absolute Gasteiger partial charge is 0.302 e. The second kappa shape index (κ2) is 5.57. The molecule has 20 heavy (non-hydrogen) atoms. The molecule has 9 heteroatoms. The Balaban J connectivity index is 2.29. The van der Waals surface area contributed by atoms with Gasteiger partial charge in [0.15, 0.2) is 0 Å². The molecule has 1 fully saturated rings. The van der Waals surface area contributed by atoms with E-state index in [0.29, 0.717) is 0 Å². The summed E-state index contributed by atoms with van der Waals surface area (Å²) in [5.74, 6) is -2.32. The summed E-state index contributed by atoms with van der Waals surface area (Å²) in [6.45, 7) is 0.0198. The molecule has 110 valence electrons. The van der Waals surface area contributed by atoms with Crippen LogP contribution >= 0.6 is 27.5 Å². The van der Waals surface area contributed by atoms with Gasteiger partial charge in [0.2, 0.25) is 5.91 Å². The lowest BCUT2D eigenvalue weighted by Crippen LogP contribution is -2.26. The molecule has 2 rings (SSSR count). The monoisotopic (exact) mass is 387 g/mol. The van der Waals surface area contributed by atoms with E-state index in [-0.39, 0.29) is 34.1 Å². The van der Waals surface area contributed by atoms with E-state index in [4.69, 9.17) is 11.6 Å². The molecule has 0 saturated carbocycles. The van der Waals surface area contributed by atoms with Gasteiger partial charge in [0, 0.05) is 23.4 Å². The fourth-order valence-corrected chi connectivity index (χ4v) is 4.04. The third kappa shape index (κ3) is 3.48. The Bertz CT molecular complexity index is 645. The van der Waals surface area contributed by atoms with E-state index in [2.05, 4.69) is 15.9 Å². The van der Waals surface area contributed by atoms with Crippen molar-refractivity contribution in [2.24, 2.45) is 5.92 Å². The number of nitrogens with zero attached hydrogens (tertiary/aromatic N) is 1. The molecule has 0 N–H and O–H groups in total. The number of carbonyl (C=O) groups is 1. The van der Waals surface area contributed by atoms with Crippen LogP contribution in [0.1, 0.15) is 6.42 Å². The van der Waals surface area contributed by atoms with Gasteiger partial charge in [-0.25, -0.2) is 4.39 Å². The van der Waals surface area contributed by atoms with E-state index in [1.807, 2.05) is 0 Å². The normalized spacial score (nSPS) is 19.7. The third-order valence-electron chi connectivity index (χ3n) is 2.89. The number of carbonyl (C=O) groups excluding carboxylic acids is 1. The highest BCUT2D eigenvalue weighted by atomic mass is 79.9. The molecule has 1 amide bonds. The topological polar surface area (TPSA) is 54.5 Å². The van der Waals surface area contributed by atoms with E-state index in [1.165, 1.54) is 4.90 Å². The molecule has 1 aromatic carbocycles. The summed E-state index contributed by atoms with van der Waals surface area (Å²) in [4.78, 5) is 13.1. The molecule has 0 spiro atoms. The van der Waals surface area contributed by atoms with Gasteiger partial charge in [-0.3, -0.25) is 4.79 Å². The quantitative estimate of drug-likeness (QED) is 0.748. The Hall–Kier alpha value is -0.730. The summed E-state index contributed by atoms with van der Waals surface area (Å²) in [7, 11) is -4.65. The van der Waals surface area contributed by atoms with Crippen LogP contribution < -0.4 is 4.90 Å². The maximum absolute atomic E-state index is 13.1. The van der Waals surface area contributed by atoms with Gasteiger partial charge in [-0.05, 0) is 28.1 Å². The lowest BCUT2D eigenvalue weighted by atomic mass is 10.1. The lowest BCUT2D eigenvalue weighted by molar-refractivity contribution is -0.117. The highest BCUT2D eigenvalue weighted by Gasteiger charge is 2.35. The summed E-state index contributed by atoms with van der Waals surface area (Å²) in [5.41, 5.74) is 0.261. The van der Waals surface area contributed by atoms with Gasteiger partial charge in [-0.15, -0.1) is 3.89 Å². The average Bonchev–Trinajstić information content (AvgIpc) is 2.55. The molecule has 0 radical (unpaired) electrons. The van der Waals surface area contributed by atoms with E-state index >= 15 is 0 Å². The standard InChI is InChI=1S/C11H9BrClF2NO3S/c12-8-2-7(14)3-9(13)11(8)16-4-6(1-10(16)17)5-20(15,18)19/h2-3,6H,1,4-5H2. The molecule has 1 heterocycles. The molecule has 1 aromatic rings. The molecule has 1 aliphatic rings. The van der Waals surface area contributed by atoms with Crippen molar-refractivity contribution in [1.29, 1.82) is 0 Å². The highest BCUT2D eigenvalue weighted by Crippen LogP contribution is 2.38. The number of anilines is 1. The molecule has 0 bridgehead atoms. The molecule has 1 aliphatic heterocycles. The van der Waals surface area contributed by atoms with Gasteiger partial charge in [0.25, 0.3) is 0 Å². The van der Waals surface area contributed by atoms with Crippen molar-refractivity contribution in [3.05, 3.63) is 27.4 Å². The van der Waals surface area contributed by atoms with Crippen molar-refractivity contribution in [2.45, 2.75) is 6.42 Å². The maximum Gasteiger partial charge on any atom is 0.302 e. The molecule has 1 atom stereocenters. The average molecular weight is 389 g/mol. The number of hydrogen-bond donors (Lipinski definition) is 0. The van der Waals surface area contributed by atoms with Crippen LogP contribution in [0.2, 0.25) is 5.02 Å². The second-order valence-electron chi connectivity index (χ2n) is 4.50. The van der Waals surface area contributed by atoms with Crippen molar-refractivity contribution < 1.29 is 21.5 Å². The first-order chi connectivity index (χ1) is 9.17. The van der Waals surface area contributed by atoms with Gasteiger partial charge in [-0.2, -0.15) is 8.42 Å². The summed E-state index contributed by atoms with van der Waals surface area (Å²) in [6.07, 6.45) is -0.0940. The minimum Gasteiger partial charge on any atom is -0.310 e. The predicted octanol–water partition coefficient (Wildman–Crippen LogP) is 2.89. The van der Waals surface area contributed by atoms with Crippen LogP contribution in [0.4, 0.5) is 14.0 Å². The zero-order valence-corrected chi connectivity index (χ0v) is 13.1. The molecule has 1 saturated heterocycles. The Labute approximate surface area is 128 Å². The fourth-order valence-electron chi connectivity index (χ4n) is 2.18. The molecule has 1 unspecified atom stereocenters. The first-order valence-electron chi connectivity index (χ1n) is 5.54. The largest absolute Gasteiger partial charge is 0.310 e. The summed E-state index contributed by atoms with van der Waals surface area (Å²) in [6, 6.07) is 2.20. The third-order valence-corrected chi connectivity index (χ3v) is 4.65. The van der Waals surface area contributed by atoms with Crippen molar-refractivity contribution >= 4 is 49.3 Å². The second-order valence-corrected chi connectivity index (χ2v) is 7.17. The first-order valence-corrected chi connectivity index (χ1v) is 8.27. The predicted molar refractivity (Wildman–Crippen MR) is 74.5 cm³/mol. The zero-order valence-electron chi connectivity index (χ0n) is 9.95. The number of benzene rings is 1. The van der Waals surface area contributed by atoms with Crippen LogP contribution in [0, 0.1) is 11.7 Å². The van der Waals surface area contributed by atoms with Gasteiger partial charge < -0.3 is 4.90 Å². The summed E-state index contributed by atoms with van der Waals surface area (Å²) in [5, 5.41) is 0.0222.